The van der Waals surface area contributed by atoms with Crippen molar-refractivity contribution in [2.45, 2.75) is 20.8 Å². The number of imide groups is 1. The van der Waals surface area contributed by atoms with Gasteiger partial charge in [0.05, 0.1) is 12.0 Å². The number of hydrogen-bond donors (Lipinski definition) is 0. The van der Waals surface area contributed by atoms with E-state index in [0.29, 0.717) is 4.91 Å². The molecule has 1 saturated heterocycles. The molecule has 6 heteroatoms. The summed E-state index contributed by atoms with van der Waals surface area (Å²) >= 11 is 0.841. The van der Waals surface area contributed by atoms with Crippen LogP contribution in [0.2, 0.25) is 0 Å². The van der Waals surface area contributed by atoms with Gasteiger partial charge in [-0.05, 0) is 55.3 Å². The average Bonchev–Trinajstić information content (AvgIpc) is 2.70. The van der Waals surface area contributed by atoms with Gasteiger partial charge in [0.25, 0.3) is 11.1 Å². The number of thioether (sulfide) groups is 1. The van der Waals surface area contributed by atoms with Gasteiger partial charge in [-0.25, -0.2) is 0 Å². The highest BCUT2D eigenvalue weighted by Gasteiger charge is 2.36. The molecule has 1 aromatic carbocycles. The summed E-state index contributed by atoms with van der Waals surface area (Å²) in [6, 6.07) is 4.05. The van der Waals surface area contributed by atoms with Crippen molar-refractivity contribution in [1.29, 1.82) is 0 Å². The average molecular weight is 319 g/mol. The molecule has 2 rings (SSSR count). The van der Waals surface area contributed by atoms with E-state index in [0.717, 1.165) is 38.9 Å². The van der Waals surface area contributed by atoms with Gasteiger partial charge in [-0.1, -0.05) is 17.7 Å². The van der Waals surface area contributed by atoms with Crippen LogP contribution in [-0.2, 0) is 14.3 Å². The van der Waals surface area contributed by atoms with Gasteiger partial charge in [-0.3, -0.25) is 19.3 Å². The number of esters is 1. The zero-order valence-electron chi connectivity index (χ0n) is 12.9. The molecular weight excluding hydrogens is 302 g/mol. The van der Waals surface area contributed by atoms with E-state index in [4.69, 9.17) is 0 Å². The molecule has 0 unspecified atom stereocenters. The van der Waals surface area contributed by atoms with Gasteiger partial charge in [0.2, 0.25) is 0 Å². The van der Waals surface area contributed by atoms with E-state index in [1.165, 1.54) is 7.11 Å². The Labute approximate surface area is 133 Å². The monoisotopic (exact) mass is 319 g/mol. The van der Waals surface area contributed by atoms with Gasteiger partial charge < -0.3 is 4.74 Å². The fourth-order valence-electron chi connectivity index (χ4n) is 2.38. The molecule has 1 aliphatic heterocycles. The third-order valence-electron chi connectivity index (χ3n) is 3.40. The molecule has 2 amide bonds. The molecule has 0 N–H and O–H groups in total. The van der Waals surface area contributed by atoms with Crippen LogP contribution in [-0.4, -0.2) is 35.7 Å². The minimum Gasteiger partial charge on any atom is -0.468 e. The Bertz CT molecular complexity index is 670. The van der Waals surface area contributed by atoms with Crippen molar-refractivity contribution in [3.05, 3.63) is 39.3 Å². The first-order valence-corrected chi connectivity index (χ1v) is 7.55. The number of carbonyl (C=O) groups excluding carboxylic acids is 3. The third-order valence-corrected chi connectivity index (χ3v) is 4.31. The molecule has 0 atom stereocenters. The summed E-state index contributed by atoms with van der Waals surface area (Å²) in [5.41, 5.74) is 4.15. The first-order chi connectivity index (χ1) is 10.3. The minimum absolute atomic E-state index is 0.323. The lowest BCUT2D eigenvalue weighted by atomic mass is 9.99. The predicted octanol–water partition coefficient (Wildman–Crippen LogP) is 2.82. The molecule has 5 nitrogen and oxygen atoms in total. The molecule has 1 fully saturated rings. The van der Waals surface area contributed by atoms with Crippen LogP contribution in [0, 0.1) is 20.8 Å². The first kappa shape index (κ1) is 16.3. The summed E-state index contributed by atoms with van der Waals surface area (Å²) in [4.78, 5) is 36.6. The van der Waals surface area contributed by atoms with Crippen LogP contribution in [0.4, 0.5) is 4.79 Å². The fraction of sp³-hybridized carbons (Fsp3) is 0.312. The number of amides is 2. The van der Waals surface area contributed by atoms with Crippen molar-refractivity contribution in [3.63, 3.8) is 0 Å². The number of rotatable bonds is 3. The van der Waals surface area contributed by atoms with Crippen molar-refractivity contribution >= 4 is 35.0 Å². The Balaban J connectivity index is 2.33. The predicted molar refractivity (Wildman–Crippen MR) is 85.3 cm³/mol. The van der Waals surface area contributed by atoms with Crippen LogP contribution >= 0.6 is 11.8 Å². The van der Waals surface area contributed by atoms with Gasteiger partial charge in [-0.2, -0.15) is 0 Å². The Morgan fingerprint density at radius 1 is 1.23 bits per heavy atom. The Hall–Kier alpha value is -2.08. The van der Waals surface area contributed by atoms with Gasteiger partial charge in [-0.15, -0.1) is 0 Å². The maximum absolute atomic E-state index is 12.3. The molecule has 116 valence electrons. The summed E-state index contributed by atoms with van der Waals surface area (Å²) in [7, 11) is 1.22. The number of aryl methyl sites for hydroxylation is 3. The van der Waals surface area contributed by atoms with E-state index in [9.17, 15) is 14.4 Å². The van der Waals surface area contributed by atoms with Crippen molar-refractivity contribution < 1.29 is 19.1 Å². The standard InChI is InChI=1S/C16H17NO4S/c1-9-5-10(2)12(11(3)6-9)7-13-15(19)17(16(20)22-13)8-14(18)21-4/h5-7H,8H2,1-4H3/b13-7-. The number of nitrogens with zero attached hydrogens (tertiary/aromatic N) is 1. The molecule has 0 spiro atoms. The Morgan fingerprint density at radius 3 is 2.36 bits per heavy atom. The molecule has 1 aliphatic rings. The highest BCUT2D eigenvalue weighted by molar-refractivity contribution is 8.18. The molecule has 0 saturated carbocycles. The van der Waals surface area contributed by atoms with Crippen molar-refractivity contribution in [1.82, 2.24) is 4.90 Å². The molecule has 0 aromatic heterocycles. The van der Waals surface area contributed by atoms with E-state index < -0.39 is 17.1 Å². The fourth-order valence-corrected chi connectivity index (χ4v) is 3.20. The van der Waals surface area contributed by atoms with Crippen molar-refractivity contribution in [2.24, 2.45) is 0 Å². The third kappa shape index (κ3) is 3.22. The van der Waals surface area contributed by atoms with Gasteiger partial charge in [0, 0.05) is 0 Å². The van der Waals surface area contributed by atoms with E-state index in [1.54, 1.807) is 6.08 Å². The van der Waals surface area contributed by atoms with Crippen LogP contribution in [0.25, 0.3) is 6.08 Å². The topological polar surface area (TPSA) is 63.7 Å². The zero-order chi connectivity index (χ0) is 16.4. The lowest BCUT2D eigenvalue weighted by molar-refractivity contribution is -0.143. The summed E-state index contributed by atoms with van der Waals surface area (Å²) in [6.07, 6.45) is 1.71. The molecule has 0 bridgehead atoms. The summed E-state index contributed by atoms with van der Waals surface area (Å²) in [5.74, 6) is -1.08. The summed E-state index contributed by atoms with van der Waals surface area (Å²) in [5, 5.41) is -0.455. The molecule has 0 aliphatic carbocycles. The van der Waals surface area contributed by atoms with E-state index in [2.05, 4.69) is 4.74 Å². The molecule has 22 heavy (non-hydrogen) atoms. The van der Waals surface area contributed by atoms with Crippen LogP contribution in [0.15, 0.2) is 17.0 Å². The Morgan fingerprint density at radius 2 is 1.82 bits per heavy atom. The van der Waals surface area contributed by atoms with Gasteiger partial charge in [0.1, 0.15) is 6.54 Å². The lowest BCUT2D eigenvalue weighted by Crippen LogP contribution is -2.34. The van der Waals surface area contributed by atoms with Crippen molar-refractivity contribution in [2.75, 3.05) is 13.7 Å². The van der Waals surface area contributed by atoms with Gasteiger partial charge in [0.15, 0.2) is 0 Å². The first-order valence-electron chi connectivity index (χ1n) is 6.73. The summed E-state index contributed by atoms with van der Waals surface area (Å²) in [6.45, 7) is 5.58. The molecular formula is C16H17NO4S. The molecule has 0 radical (unpaired) electrons. The highest BCUT2D eigenvalue weighted by atomic mass is 32.2. The smallest absolute Gasteiger partial charge is 0.325 e. The summed E-state index contributed by atoms with van der Waals surface area (Å²) < 4.78 is 4.50. The largest absolute Gasteiger partial charge is 0.468 e. The maximum Gasteiger partial charge on any atom is 0.325 e. The lowest BCUT2D eigenvalue weighted by Gasteiger charge is -2.10. The Kier molecular flexibility index (Phi) is 4.71. The minimum atomic E-state index is -0.619. The van der Waals surface area contributed by atoms with Crippen LogP contribution in [0.5, 0.6) is 0 Å². The number of ether oxygens (including phenoxy) is 1. The van der Waals surface area contributed by atoms with Crippen LogP contribution < -0.4 is 0 Å². The van der Waals surface area contributed by atoms with E-state index >= 15 is 0 Å². The van der Waals surface area contributed by atoms with Crippen LogP contribution in [0.1, 0.15) is 22.3 Å². The van der Waals surface area contributed by atoms with Gasteiger partial charge >= 0.3 is 5.97 Å². The maximum atomic E-state index is 12.3. The number of carbonyl (C=O) groups is 3. The SMILES string of the molecule is COC(=O)CN1C(=O)S/C(=C\c2c(C)cc(C)cc2C)C1=O. The van der Waals surface area contributed by atoms with Crippen molar-refractivity contribution in [3.8, 4) is 0 Å². The second-order valence-corrected chi connectivity index (χ2v) is 6.15. The van der Waals surface area contributed by atoms with Crippen LogP contribution in [0.3, 0.4) is 0 Å². The van der Waals surface area contributed by atoms with E-state index in [1.807, 2.05) is 32.9 Å². The highest BCUT2D eigenvalue weighted by Crippen LogP contribution is 2.33. The number of benzene rings is 1. The number of methoxy groups -OCH3 is 1. The second-order valence-electron chi connectivity index (χ2n) is 5.16. The second kappa shape index (κ2) is 6.36. The molecule has 1 aromatic rings. The number of hydrogen-bond acceptors (Lipinski definition) is 5. The normalized spacial score (nSPS) is 16.5. The zero-order valence-corrected chi connectivity index (χ0v) is 13.7. The van der Waals surface area contributed by atoms with E-state index in [-0.39, 0.29) is 6.54 Å². The quantitative estimate of drug-likeness (QED) is 0.633. The molecule has 1 heterocycles.